The van der Waals surface area contributed by atoms with Crippen molar-refractivity contribution in [1.29, 1.82) is 0 Å². The maximum atomic E-state index is 12.9. The number of ether oxygens (including phenoxy) is 2. The topological polar surface area (TPSA) is 111 Å². The van der Waals surface area contributed by atoms with Gasteiger partial charge in [-0.3, -0.25) is 14.2 Å². The van der Waals surface area contributed by atoms with Crippen molar-refractivity contribution in [3.8, 4) is 0 Å². The molecular weight excluding hydrogens is 1250 g/mol. The Morgan fingerprint density at radius 2 is 0.540 bits per heavy atom. The Bertz CT molecular complexity index is 2550. The first-order chi connectivity index (χ1) is 49.0. The molecule has 0 bridgehead atoms. The van der Waals surface area contributed by atoms with Gasteiger partial charge in [-0.05, 0) is 161 Å². The monoisotopic (exact) mass is 1400 g/mol. The molecule has 0 rings (SSSR count). The van der Waals surface area contributed by atoms with E-state index in [9.17, 15) is 19.0 Å². The number of hydrogen-bond acceptors (Lipinski definition) is 8. The van der Waals surface area contributed by atoms with Crippen LogP contribution in [0.15, 0.2) is 231 Å². The highest BCUT2D eigenvalue weighted by Gasteiger charge is 2.22. The Balaban J connectivity index is 4.15. The van der Waals surface area contributed by atoms with Gasteiger partial charge in [0.1, 0.15) is 19.8 Å². The molecule has 0 aromatic carbocycles. The summed E-state index contributed by atoms with van der Waals surface area (Å²) in [5, 5.41) is 0. The van der Waals surface area contributed by atoms with Gasteiger partial charge in [0.25, 0.3) is 7.82 Å². The molecule has 0 saturated carbocycles. The van der Waals surface area contributed by atoms with Crippen LogP contribution in [0.4, 0.5) is 0 Å². The normalized spacial score (nSPS) is 14.3. The van der Waals surface area contributed by atoms with Gasteiger partial charge in [-0.1, -0.05) is 328 Å². The Hall–Kier alpha value is -5.93. The quantitative estimate of drug-likeness (QED) is 0.0195. The van der Waals surface area contributed by atoms with E-state index in [2.05, 4.69) is 245 Å². The molecular formula is C90H142NO8P. The number of nitrogens with zero attached hydrogens (tertiary/aromatic N) is 1. The van der Waals surface area contributed by atoms with Crippen LogP contribution in [0, 0.1) is 0 Å². The maximum absolute atomic E-state index is 12.9. The van der Waals surface area contributed by atoms with Gasteiger partial charge in [-0.25, -0.2) is 0 Å². The lowest BCUT2D eigenvalue weighted by Crippen LogP contribution is -2.37. The predicted octanol–water partition coefficient (Wildman–Crippen LogP) is 25.9. The summed E-state index contributed by atoms with van der Waals surface area (Å²) in [6, 6.07) is 0. The first-order valence-corrected chi connectivity index (χ1v) is 40.6. The van der Waals surface area contributed by atoms with Crippen molar-refractivity contribution in [2.75, 3.05) is 47.5 Å². The summed E-state index contributed by atoms with van der Waals surface area (Å²) in [7, 11) is 1.12. The molecule has 0 aromatic rings. The summed E-state index contributed by atoms with van der Waals surface area (Å²) >= 11 is 0. The van der Waals surface area contributed by atoms with E-state index in [4.69, 9.17) is 18.5 Å². The average molecular weight is 1400 g/mol. The van der Waals surface area contributed by atoms with Crippen LogP contribution in [0.2, 0.25) is 0 Å². The highest BCUT2D eigenvalue weighted by atomic mass is 31.2. The fraction of sp³-hybridized carbons (Fsp3) is 0.556. The predicted molar refractivity (Wildman–Crippen MR) is 433 cm³/mol. The van der Waals surface area contributed by atoms with Crippen molar-refractivity contribution in [2.45, 2.75) is 277 Å². The lowest BCUT2D eigenvalue weighted by molar-refractivity contribution is -0.870. The van der Waals surface area contributed by atoms with Crippen LogP contribution in [0.3, 0.4) is 0 Å². The molecule has 0 aliphatic heterocycles. The number of unbranched alkanes of at least 4 members (excludes halogenated alkanes) is 17. The van der Waals surface area contributed by atoms with E-state index in [0.717, 1.165) is 167 Å². The van der Waals surface area contributed by atoms with Crippen molar-refractivity contribution in [1.82, 2.24) is 0 Å². The molecule has 100 heavy (non-hydrogen) atoms. The zero-order valence-electron chi connectivity index (χ0n) is 63.8. The zero-order chi connectivity index (χ0) is 72.5. The van der Waals surface area contributed by atoms with Crippen LogP contribution in [-0.2, 0) is 32.7 Å². The van der Waals surface area contributed by atoms with Crippen molar-refractivity contribution in [2.24, 2.45) is 0 Å². The second-order valence-corrected chi connectivity index (χ2v) is 27.7. The number of phosphoric ester groups is 1. The third kappa shape index (κ3) is 81.0. The molecule has 0 N–H and O–H groups in total. The van der Waals surface area contributed by atoms with Crippen molar-refractivity contribution in [3.05, 3.63) is 231 Å². The summed E-state index contributed by atoms with van der Waals surface area (Å²) in [6.07, 6.45) is 124. The van der Waals surface area contributed by atoms with Gasteiger partial charge in [-0.15, -0.1) is 0 Å². The summed E-state index contributed by atoms with van der Waals surface area (Å²) in [4.78, 5) is 38.2. The summed E-state index contributed by atoms with van der Waals surface area (Å²) in [5.74, 6) is -0.877. The van der Waals surface area contributed by atoms with E-state index >= 15 is 0 Å². The maximum Gasteiger partial charge on any atom is 0.306 e. The van der Waals surface area contributed by atoms with Gasteiger partial charge in [0.15, 0.2) is 6.10 Å². The van der Waals surface area contributed by atoms with Crippen molar-refractivity contribution in [3.63, 3.8) is 0 Å². The largest absolute Gasteiger partial charge is 0.756 e. The van der Waals surface area contributed by atoms with Crippen LogP contribution in [-0.4, -0.2) is 70.0 Å². The average Bonchev–Trinajstić information content (AvgIpc) is 1.30. The van der Waals surface area contributed by atoms with Gasteiger partial charge < -0.3 is 27.9 Å². The Morgan fingerprint density at radius 3 is 0.800 bits per heavy atom. The molecule has 0 aliphatic rings. The Labute approximate surface area is 613 Å². The molecule has 2 atom stereocenters. The van der Waals surface area contributed by atoms with Gasteiger partial charge in [-0.2, -0.15) is 0 Å². The van der Waals surface area contributed by atoms with Gasteiger partial charge in [0.05, 0.1) is 27.7 Å². The third-order valence-corrected chi connectivity index (χ3v) is 16.6. The molecule has 0 saturated heterocycles. The van der Waals surface area contributed by atoms with Gasteiger partial charge in [0.2, 0.25) is 0 Å². The number of likely N-dealkylation sites (N-methyl/N-ethyl adjacent to an activating group) is 1. The molecule has 0 amide bonds. The fourth-order valence-corrected chi connectivity index (χ4v) is 10.5. The lowest BCUT2D eigenvalue weighted by Gasteiger charge is -2.28. The molecule has 0 heterocycles. The minimum Gasteiger partial charge on any atom is -0.756 e. The van der Waals surface area contributed by atoms with Crippen molar-refractivity contribution >= 4 is 19.8 Å². The van der Waals surface area contributed by atoms with Crippen LogP contribution < -0.4 is 4.89 Å². The van der Waals surface area contributed by atoms with E-state index < -0.39 is 32.5 Å². The molecule has 2 unspecified atom stereocenters. The fourth-order valence-electron chi connectivity index (χ4n) is 9.79. The highest BCUT2D eigenvalue weighted by Crippen LogP contribution is 2.38. The first kappa shape index (κ1) is 94.1. The molecule has 10 heteroatoms. The van der Waals surface area contributed by atoms with Gasteiger partial charge >= 0.3 is 11.9 Å². The number of carbonyl (C=O) groups is 2. The minimum atomic E-state index is -4.67. The Kier molecular flexibility index (Phi) is 72.7. The van der Waals surface area contributed by atoms with Gasteiger partial charge in [0, 0.05) is 12.8 Å². The molecule has 0 spiro atoms. The van der Waals surface area contributed by atoms with E-state index in [0.29, 0.717) is 23.9 Å². The summed E-state index contributed by atoms with van der Waals surface area (Å²) < 4.78 is 34.3. The summed E-state index contributed by atoms with van der Waals surface area (Å²) in [5.41, 5.74) is 0. The molecule has 9 nitrogen and oxygen atoms in total. The number of quaternary nitrogens is 1. The van der Waals surface area contributed by atoms with E-state index in [1.54, 1.807) is 0 Å². The Morgan fingerprint density at radius 1 is 0.310 bits per heavy atom. The molecule has 560 valence electrons. The van der Waals surface area contributed by atoms with E-state index in [-0.39, 0.29) is 26.1 Å². The number of phosphoric acid groups is 1. The second kappa shape index (κ2) is 77.2. The first-order valence-electron chi connectivity index (χ1n) is 39.1. The summed E-state index contributed by atoms with van der Waals surface area (Å²) in [6.45, 7) is 3.96. The number of esters is 2. The van der Waals surface area contributed by atoms with Crippen LogP contribution in [0.25, 0.3) is 0 Å². The highest BCUT2D eigenvalue weighted by molar-refractivity contribution is 7.45. The molecule has 0 fully saturated rings. The van der Waals surface area contributed by atoms with E-state index in [1.807, 2.05) is 21.1 Å². The molecule has 0 aliphatic carbocycles. The number of hydrogen-bond donors (Lipinski definition) is 0. The molecule has 0 radical (unpaired) electrons. The van der Waals surface area contributed by atoms with Crippen LogP contribution in [0.5, 0.6) is 0 Å². The lowest BCUT2D eigenvalue weighted by atomic mass is 10.0. The SMILES string of the molecule is CC/C=C\C/C=C\C/C=C\C/C=C\C/C=C\C/C=C\C/C=C\C/C=C\C/C=C\C/C=C\C/C=C\C/C=C\CCCCCCC(=O)OC(COC(=O)CCCCCCCCCCCCCCC/C=C\C/C=C\C/C=C\C/C=C\C/C=C\C/C=C\C/C=C\CC)COP(=O)([O-])OCC[N+](C)(C)C. The minimum absolute atomic E-state index is 0.0481. The van der Waals surface area contributed by atoms with Crippen molar-refractivity contribution < 1.29 is 42.1 Å². The van der Waals surface area contributed by atoms with E-state index in [1.165, 1.54) is 64.2 Å². The smallest absolute Gasteiger partial charge is 0.306 e. The zero-order valence-corrected chi connectivity index (χ0v) is 64.7. The second-order valence-electron chi connectivity index (χ2n) is 26.3. The number of allylic oxidation sites excluding steroid dienone is 38. The van der Waals surface area contributed by atoms with Crippen LogP contribution >= 0.6 is 7.82 Å². The number of carbonyl (C=O) groups excluding carboxylic acids is 2. The van der Waals surface area contributed by atoms with Crippen LogP contribution in [0.1, 0.15) is 271 Å². The third-order valence-electron chi connectivity index (χ3n) is 15.7. The number of rotatable bonds is 69. The standard InChI is InChI=1S/C90H142NO8P/c1-6-8-10-12-14-16-18-20-22-24-26-28-30-32-34-36-38-40-42-43-44-45-46-47-49-51-53-55-57-59-61-63-65-67-69-71-73-75-77-79-81-83-90(93)99-88(87-98-100(94,95)97-85-84-91(3,4)5)86-96-89(92)82-80-78-76-74-72-70-68-66-64-62-60-58-56-54-52-50-48-41-39-37-35-33-31-29-27-25-23-21-19-17-15-13-11-9-7-2/h8-11,14-17,20-23,26-29,32-35,38-41,43-44,46-47,50-53,57,59,63,65,69,71,88H,6-7,12-13,18-19,24-25,30-31,36-37,42,45,48-49,54-56,58,60-62,64,66-68,70,72-87H2,1-5H3/b10-8-,11-9-,16-14-,17-15-,22-20-,23-21-,28-26-,29-27-,34-32-,35-33-,40-38-,41-39-,44-43-,47-46-,52-50-,53-51-,59-57-,65-63-,71-69-. The molecule has 0 aromatic heterocycles.